The molecule has 1 fully saturated rings. The van der Waals surface area contributed by atoms with E-state index in [1.54, 1.807) is 17.7 Å². The fraction of sp³-hybridized carbons (Fsp3) is 0.467. The molecule has 0 aromatic carbocycles. The van der Waals surface area contributed by atoms with Gasteiger partial charge in [-0.3, -0.25) is 0 Å². The van der Waals surface area contributed by atoms with Gasteiger partial charge in [-0.2, -0.15) is 0 Å². The Balaban J connectivity index is 1.58. The average molecular weight is 382 g/mol. The van der Waals surface area contributed by atoms with Gasteiger partial charge >= 0.3 is 0 Å². The van der Waals surface area contributed by atoms with Crippen LogP contribution in [0.2, 0.25) is 0 Å². The van der Waals surface area contributed by atoms with E-state index in [-0.39, 0.29) is 0 Å². The zero-order valence-corrected chi connectivity index (χ0v) is 15.0. The maximum Gasteiger partial charge on any atom is 0.134 e. The zero-order valence-electron chi connectivity index (χ0n) is 12.6. The van der Waals surface area contributed by atoms with Crippen molar-refractivity contribution in [2.45, 2.75) is 25.4 Å². The molecule has 1 atom stereocenters. The number of aromatic nitrogens is 2. The summed E-state index contributed by atoms with van der Waals surface area (Å²) in [5.41, 5.74) is 0. The van der Waals surface area contributed by atoms with Crippen LogP contribution in [0.15, 0.2) is 28.3 Å². The molecule has 0 amide bonds. The van der Waals surface area contributed by atoms with Crippen LogP contribution in [0.3, 0.4) is 0 Å². The Labute approximate surface area is 143 Å². The number of hydrogen-bond acceptors (Lipinski definition) is 6. The van der Waals surface area contributed by atoms with Crippen molar-refractivity contribution in [2.24, 2.45) is 0 Å². The highest BCUT2D eigenvalue weighted by molar-refractivity contribution is 9.10. The first-order valence-corrected chi connectivity index (χ1v) is 9.13. The minimum atomic E-state index is 0.503. The molecule has 0 spiro atoms. The summed E-state index contributed by atoms with van der Waals surface area (Å²) in [6.07, 6.45) is 4.06. The summed E-state index contributed by atoms with van der Waals surface area (Å²) in [4.78, 5) is 12.4. The van der Waals surface area contributed by atoms with Gasteiger partial charge in [-0.15, -0.1) is 11.3 Å². The van der Waals surface area contributed by atoms with Crippen LogP contribution in [-0.4, -0.2) is 36.1 Å². The van der Waals surface area contributed by atoms with Crippen molar-refractivity contribution in [2.75, 3.05) is 30.4 Å². The van der Waals surface area contributed by atoms with Crippen molar-refractivity contribution in [3.8, 4) is 0 Å². The van der Waals surface area contributed by atoms with E-state index in [9.17, 15) is 0 Å². The molecular formula is C15H20BrN5S. The maximum atomic E-state index is 4.43. The smallest absolute Gasteiger partial charge is 0.134 e. The molecule has 2 N–H and O–H groups in total. The van der Waals surface area contributed by atoms with Crippen molar-refractivity contribution in [1.29, 1.82) is 0 Å². The minimum absolute atomic E-state index is 0.503. The SMILES string of the molecule is CNc1cc(N2CCCC2CNCc2cc(Br)cs2)ncn1. The van der Waals surface area contributed by atoms with E-state index in [0.717, 1.165) is 35.7 Å². The van der Waals surface area contributed by atoms with Gasteiger partial charge in [0.05, 0.1) is 0 Å². The Bertz CT molecular complexity index is 617. The molecule has 0 radical (unpaired) electrons. The van der Waals surface area contributed by atoms with E-state index in [1.165, 1.54) is 17.7 Å². The summed E-state index contributed by atoms with van der Waals surface area (Å²) in [7, 11) is 1.88. The van der Waals surface area contributed by atoms with Gasteiger partial charge in [0.1, 0.15) is 18.0 Å². The van der Waals surface area contributed by atoms with Gasteiger partial charge in [0.15, 0.2) is 0 Å². The molecule has 1 unspecified atom stereocenters. The standard InChI is InChI=1S/C15H20BrN5S/c1-17-14-6-15(20-10-19-14)21-4-2-3-12(21)7-18-8-13-5-11(16)9-22-13/h5-6,9-10,12,18H,2-4,7-8H2,1H3,(H,17,19,20). The van der Waals surface area contributed by atoms with E-state index in [0.29, 0.717) is 6.04 Å². The summed E-state index contributed by atoms with van der Waals surface area (Å²) >= 11 is 5.28. The van der Waals surface area contributed by atoms with E-state index < -0.39 is 0 Å². The maximum absolute atomic E-state index is 4.43. The zero-order chi connectivity index (χ0) is 15.4. The van der Waals surface area contributed by atoms with Crippen LogP contribution < -0.4 is 15.5 Å². The highest BCUT2D eigenvalue weighted by Crippen LogP contribution is 2.25. The molecule has 118 valence electrons. The monoisotopic (exact) mass is 381 g/mol. The van der Waals surface area contributed by atoms with Crippen molar-refractivity contribution in [3.63, 3.8) is 0 Å². The van der Waals surface area contributed by atoms with Crippen molar-refractivity contribution >= 4 is 38.9 Å². The van der Waals surface area contributed by atoms with Crippen molar-refractivity contribution in [1.82, 2.24) is 15.3 Å². The number of thiophene rings is 1. The van der Waals surface area contributed by atoms with Crippen LogP contribution in [-0.2, 0) is 6.54 Å². The molecule has 2 aromatic rings. The number of halogens is 1. The molecule has 1 aliphatic rings. The Kier molecular flexibility index (Phi) is 5.28. The molecule has 5 nitrogen and oxygen atoms in total. The van der Waals surface area contributed by atoms with Gasteiger partial charge in [-0.05, 0) is 34.8 Å². The summed E-state index contributed by atoms with van der Waals surface area (Å²) in [5, 5.41) is 8.77. The van der Waals surface area contributed by atoms with Crippen LogP contribution in [0.4, 0.5) is 11.6 Å². The molecule has 7 heteroatoms. The summed E-state index contributed by atoms with van der Waals surface area (Å²) in [6, 6.07) is 4.70. The van der Waals surface area contributed by atoms with E-state index in [4.69, 9.17) is 0 Å². The highest BCUT2D eigenvalue weighted by Gasteiger charge is 2.25. The van der Waals surface area contributed by atoms with Gasteiger partial charge < -0.3 is 15.5 Å². The quantitative estimate of drug-likeness (QED) is 0.804. The second-order valence-corrected chi connectivity index (χ2v) is 7.27. The molecular weight excluding hydrogens is 362 g/mol. The Morgan fingerprint density at radius 2 is 2.32 bits per heavy atom. The number of nitrogens with zero attached hydrogens (tertiary/aromatic N) is 3. The van der Waals surface area contributed by atoms with Crippen molar-refractivity contribution in [3.05, 3.63) is 33.2 Å². The molecule has 1 aliphatic heterocycles. The lowest BCUT2D eigenvalue weighted by Gasteiger charge is -2.26. The van der Waals surface area contributed by atoms with Gasteiger partial charge in [0, 0.05) is 53.5 Å². The molecule has 0 aliphatic carbocycles. The van der Waals surface area contributed by atoms with Crippen molar-refractivity contribution < 1.29 is 0 Å². The highest BCUT2D eigenvalue weighted by atomic mass is 79.9. The number of nitrogens with one attached hydrogen (secondary N) is 2. The lowest BCUT2D eigenvalue weighted by atomic mass is 10.2. The van der Waals surface area contributed by atoms with Gasteiger partial charge in [0.25, 0.3) is 0 Å². The first-order valence-electron chi connectivity index (χ1n) is 7.46. The molecule has 1 saturated heterocycles. The van der Waals surface area contributed by atoms with Crippen LogP contribution >= 0.6 is 27.3 Å². The Morgan fingerprint density at radius 1 is 1.41 bits per heavy atom. The number of anilines is 2. The Morgan fingerprint density at radius 3 is 3.09 bits per heavy atom. The average Bonchev–Trinajstić information content (AvgIpc) is 3.16. The normalized spacial score (nSPS) is 17.9. The third-order valence-electron chi connectivity index (χ3n) is 3.88. The molecule has 3 rings (SSSR count). The summed E-state index contributed by atoms with van der Waals surface area (Å²) in [6.45, 7) is 2.97. The number of rotatable bonds is 6. The Hall–Kier alpha value is -1.18. The topological polar surface area (TPSA) is 53.1 Å². The lowest BCUT2D eigenvalue weighted by Crippen LogP contribution is -2.38. The van der Waals surface area contributed by atoms with E-state index >= 15 is 0 Å². The van der Waals surface area contributed by atoms with Gasteiger partial charge in [-0.25, -0.2) is 9.97 Å². The van der Waals surface area contributed by atoms with Gasteiger partial charge in [-0.1, -0.05) is 0 Å². The predicted molar refractivity (Wildman–Crippen MR) is 95.7 cm³/mol. The number of hydrogen-bond donors (Lipinski definition) is 2. The van der Waals surface area contributed by atoms with E-state index in [2.05, 4.69) is 52.9 Å². The lowest BCUT2D eigenvalue weighted by molar-refractivity contribution is 0.573. The molecule has 22 heavy (non-hydrogen) atoms. The van der Waals surface area contributed by atoms with Crippen LogP contribution in [0.5, 0.6) is 0 Å². The second kappa shape index (κ2) is 7.39. The molecule has 3 heterocycles. The second-order valence-electron chi connectivity index (χ2n) is 5.36. The molecule has 0 saturated carbocycles. The van der Waals surface area contributed by atoms with Crippen LogP contribution in [0.25, 0.3) is 0 Å². The first kappa shape index (κ1) is 15.7. The third-order valence-corrected chi connectivity index (χ3v) is 5.58. The first-order chi connectivity index (χ1) is 10.8. The van der Waals surface area contributed by atoms with Crippen LogP contribution in [0.1, 0.15) is 17.7 Å². The summed E-state index contributed by atoms with van der Waals surface area (Å²) < 4.78 is 1.16. The van der Waals surface area contributed by atoms with Gasteiger partial charge in [0.2, 0.25) is 0 Å². The summed E-state index contributed by atoms with van der Waals surface area (Å²) in [5.74, 6) is 1.88. The minimum Gasteiger partial charge on any atom is -0.373 e. The fourth-order valence-corrected chi connectivity index (χ4v) is 4.22. The molecule has 2 aromatic heterocycles. The van der Waals surface area contributed by atoms with E-state index in [1.807, 2.05) is 13.1 Å². The fourth-order valence-electron chi connectivity index (χ4n) is 2.80. The van der Waals surface area contributed by atoms with Crippen LogP contribution in [0, 0.1) is 0 Å². The third kappa shape index (κ3) is 3.77. The largest absolute Gasteiger partial charge is 0.373 e. The predicted octanol–water partition coefficient (Wildman–Crippen LogP) is 3.10. The molecule has 0 bridgehead atoms.